The number of sulfone groups is 1. The molecular weight excluding hydrogens is 280 g/mol. The quantitative estimate of drug-likeness (QED) is 0.713. The van der Waals surface area contributed by atoms with Crippen molar-refractivity contribution < 1.29 is 18.0 Å². The van der Waals surface area contributed by atoms with Crippen molar-refractivity contribution in [3.63, 3.8) is 0 Å². The number of rotatable bonds is 2. The van der Waals surface area contributed by atoms with Crippen LogP contribution in [-0.4, -0.2) is 67.7 Å². The maximum atomic E-state index is 12.3. The molecule has 0 bridgehead atoms. The van der Waals surface area contributed by atoms with Gasteiger partial charge in [-0.1, -0.05) is 6.92 Å². The number of hydrogen-bond acceptors (Lipinski definition) is 4. The highest BCUT2D eigenvalue weighted by Crippen LogP contribution is 2.21. The molecule has 7 heteroatoms. The van der Waals surface area contributed by atoms with E-state index < -0.39 is 9.84 Å². The highest BCUT2D eigenvalue weighted by Gasteiger charge is 2.32. The molecule has 0 aromatic carbocycles. The lowest BCUT2D eigenvalue weighted by Crippen LogP contribution is -2.49. The van der Waals surface area contributed by atoms with Crippen LogP contribution in [0.3, 0.4) is 0 Å². The number of piperidine rings is 1. The molecule has 0 radical (unpaired) electrons. The number of amides is 2. The van der Waals surface area contributed by atoms with Gasteiger partial charge in [0.1, 0.15) is 0 Å². The molecule has 2 amide bonds. The van der Waals surface area contributed by atoms with Crippen LogP contribution in [0.5, 0.6) is 0 Å². The van der Waals surface area contributed by atoms with Crippen molar-refractivity contribution in [3.8, 4) is 0 Å². The Bertz CT molecular complexity index is 467. The molecule has 2 aliphatic heterocycles. The molecule has 2 saturated heterocycles. The molecule has 2 rings (SSSR count). The number of nitrogens with zero attached hydrogens (tertiary/aromatic N) is 2. The molecule has 2 fully saturated rings. The fourth-order valence-corrected chi connectivity index (χ4v) is 3.99. The maximum absolute atomic E-state index is 12.3. The molecule has 2 aliphatic rings. The molecule has 0 spiro atoms. The van der Waals surface area contributed by atoms with E-state index in [2.05, 4.69) is 0 Å². The van der Waals surface area contributed by atoms with Gasteiger partial charge in [0.15, 0.2) is 9.84 Å². The second-order valence-electron chi connectivity index (χ2n) is 5.49. The highest BCUT2D eigenvalue weighted by molar-refractivity contribution is 7.91. The Labute approximate surface area is 120 Å². The monoisotopic (exact) mass is 302 g/mol. The van der Waals surface area contributed by atoms with Gasteiger partial charge in [0.05, 0.1) is 11.5 Å². The van der Waals surface area contributed by atoms with Gasteiger partial charge in [0.2, 0.25) is 11.8 Å². The molecule has 0 saturated carbocycles. The Balaban J connectivity index is 1.85. The molecule has 0 N–H and O–H groups in total. The summed E-state index contributed by atoms with van der Waals surface area (Å²) in [6.45, 7) is 3.74. The lowest BCUT2D eigenvalue weighted by atomic mass is 9.95. The van der Waals surface area contributed by atoms with Gasteiger partial charge in [-0.3, -0.25) is 9.59 Å². The van der Waals surface area contributed by atoms with Crippen molar-refractivity contribution in [2.75, 3.05) is 37.7 Å². The minimum absolute atomic E-state index is 0.0586. The van der Waals surface area contributed by atoms with Crippen LogP contribution < -0.4 is 0 Å². The second kappa shape index (κ2) is 6.11. The smallest absolute Gasteiger partial charge is 0.225 e. The SMILES string of the molecule is CCC(=O)N1CCC(C(=O)N2CCS(=O)(=O)CC2)CC1. The van der Waals surface area contributed by atoms with Crippen LogP contribution in [-0.2, 0) is 19.4 Å². The summed E-state index contributed by atoms with van der Waals surface area (Å²) in [6, 6.07) is 0. The van der Waals surface area contributed by atoms with Crippen LogP contribution in [0.25, 0.3) is 0 Å². The zero-order valence-corrected chi connectivity index (χ0v) is 12.7. The molecule has 0 atom stereocenters. The van der Waals surface area contributed by atoms with Crippen molar-refractivity contribution >= 4 is 21.7 Å². The van der Waals surface area contributed by atoms with Crippen molar-refractivity contribution in [3.05, 3.63) is 0 Å². The van der Waals surface area contributed by atoms with E-state index in [0.717, 1.165) is 0 Å². The standard InChI is InChI=1S/C13H22N2O4S/c1-2-12(16)14-5-3-11(4-6-14)13(17)15-7-9-20(18,19)10-8-15/h11H,2-10H2,1H3. The first-order valence-corrected chi connectivity index (χ1v) is 9.02. The van der Waals surface area contributed by atoms with Gasteiger partial charge in [0.25, 0.3) is 0 Å². The van der Waals surface area contributed by atoms with Crippen LogP contribution in [0.15, 0.2) is 0 Å². The Kier molecular flexibility index (Phi) is 4.67. The predicted octanol–water partition coefficient (Wildman–Crippen LogP) is -0.108. The van der Waals surface area contributed by atoms with Crippen LogP contribution in [0.4, 0.5) is 0 Å². The summed E-state index contributed by atoms with van der Waals surface area (Å²) in [7, 11) is -2.95. The first kappa shape index (κ1) is 15.3. The molecular formula is C13H22N2O4S. The number of carbonyl (C=O) groups is 2. The van der Waals surface area contributed by atoms with E-state index in [1.54, 1.807) is 4.90 Å². The molecule has 20 heavy (non-hydrogen) atoms. The van der Waals surface area contributed by atoms with E-state index in [-0.39, 0.29) is 29.2 Å². The first-order chi connectivity index (χ1) is 9.43. The van der Waals surface area contributed by atoms with E-state index in [1.165, 1.54) is 0 Å². The second-order valence-corrected chi connectivity index (χ2v) is 7.79. The van der Waals surface area contributed by atoms with Crippen molar-refractivity contribution in [1.29, 1.82) is 0 Å². The van der Waals surface area contributed by atoms with Crippen molar-refractivity contribution in [2.45, 2.75) is 26.2 Å². The summed E-state index contributed by atoms with van der Waals surface area (Å²) >= 11 is 0. The molecule has 6 nitrogen and oxygen atoms in total. The average Bonchev–Trinajstić information content (AvgIpc) is 2.46. The van der Waals surface area contributed by atoms with E-state index in [0.29, 0.717) is 45.4 Å². The van der Waals surface area contributed by atoms with Crippen LogP contribution >= 0.6 is 0 Å². The van der Waals surface area contributed by atoms with Gasteiger partial charge < -0.3 is 9.80 Å². The zero-order valence-electron chi connectivity index (χ0n) is 11.9. The maximum Gasteiger partial charge on any atom is 0.225 e. The van der Waals surface area contributed by atoms with E-state index in [1.807, 2.05) is 11.8 Å². The number of carbonyl (C=O) groups excluding carboxylic acids is 2. The number of likely N-dealkylation sites (tertiary alicyclic amines) is 1. The summed E-state index contributed by atoms with van der Waals surface area (Å²) in [5.41, 5.74) is 0. The molecule has 0 aromatic heterocycles. The third-order valence-electron chi connectivity index (χ3n) is 4.16. The van der Waals surface area contributed by atoms with Crippen LogP contribution in [0.1, 0.15) is 26.2 Å². The first-order valence-electron chi connectivity index (χ1n) is 7.20. The van der Waals surface area contributed by atoms with Crippen molar-refractivity contribution in [2.24, 2.45) is 5.92 Å². The minimum atomic E-state index is -2.95. The van der Waals surface area contributed by atoms with Crippen LogP contribution in [0, 0.1) is 5.92 Å². The third kappa shape index (κ3) is 3.50. The van der Waals surface area contributed by atoms with Gasteiger partial charge in [-0.15, -0.1) is 0 Å². The Morgan fingerprint density at radius 3 is 2.05 bits per heavy atom. The van der Waals surface area contributed by atoms with Gasteiger partial charge in [-0.25, -0.2) is 8.42 Å². The predicted molar refractivity (Wildman–Crippen MR) is 74.8 cm³/mol. The normalized spacial score (nSPS) is 23.6. The van der Waals surface area contributed by atoms with E-state index >= 15 is 0 Å². The summed E-state index contributed by atoms with van der Waals surface area (Å²) < 4.78 is 22.7. The molecule has 2 heterocycles. The average molecular weight is 302 g/mol. The summed E-state index contributed by atoms with van der Waals surface area (Å²) in [5.74, 6) is 0.290. The Morgan fingerprint density at radius 2 is 1.55 bits per heavy atom. The van der Waals surface area contributed by atoms with Gasteiger partial charge in [0, 0.05) is 38.5 Å². The molecule has 0 aromatic rings. The van der Waals surface area contributed by atoms with Gasteiger partial charge in [-0.05, 0) is 12.8 Å². The molecule has 0 aliphatic carbocycles. The van der Waals surface area contributed by atoms with Gasteiger partial charge in [-0.2, -0.15) is 0 Å². The van der Waals surface area contributed by atoms with Crippen LogP contribution in [0.2, 0.25) is 0 Å². The lowest BCUT2D eigenvalue weighted by molar-refractivity contribution is -0.140. The topological polar surface area (TPSA) is 74.8 Å². The fourth-order valence-electron chi connectivity index (χ4n) is 2.79. The van der Waals surface area contributed by atoms with E-state index in [4.69, 9.17) is 0 Å². The summed E-state index contributed by atoms with van der Waals surface area (Å²) in [4.78, 5) is 27.4. The van der Waals surface area contributed by atoms with Gasteiger partial charge >= 0.3 is 0 Å². The largest absolute Gasteiger partial charge is 0.343 e. The molecule has 0 unspecified atom stereocenters. The highest BCUT2D eigenvalue weighted by atomic mass is 32.2. The lowest BCUT2D eigenvalue weighted by Gasteiger charge is -2.35. The Morgan fingerprint density at radius 1 is 1.00 bits per heavy atom. The zero-order chi connectivity index (χ0) is 14.8. The van der Waals surface area contributed by atoms with E-state index in [9.17, 15) is 18.0 Å². The number of hydrogen-bond donors (Lipinski definition) is 0. The Hall–Kier alpha value is -1.11. The minimum Gasteiger partial charge on any atom is -0.343 e. The summed E-state index contributed by atoms with van der Waals surface area (Å²) in [6.07, 6.45) is 1.88. The molecule has 114 valence electrons. The summed E-state index contributed by atoms with van der Waals surface area (Å²) in [5, 5.41) is 0. The fraction of sp³-hybridized carbons (Fsp3) is 0.846. The van der Waals surface area contributed by atoms with Crippen molar-refractivity contribution in [1.82, 2.24) is 9.80 Å². The third-order valence-corrected chi connectivity index (χ3v) is 5.76.